The summed E-state index contributed by atoms with van der Waals surface area (Å²) >= 11 is 0. The Morgan fingerprint density at radius 2 is 1.88 bits per heavy atom. The van der Waals surface area contributed by atoms with Crippen molar-refractivity contribution in [1.82, 2.24) is 20.0 Å². The van der Waals surface area contributed by atoms with Gasteiger partial charge in [0.15, 0.2) is 5.82 Å². The van der Waals surface area contributed by atoms with Crippen LogP contribution in [0.3, 0.4) is 0 Å². The molecule has 10 heteroatoms. The van der Waals surface area contributed by atoms with Gasteiger partial charge in [0.05, 0.1) is 5.52 Å². The number of nitrogens with one attached hydrogen (secondary N) is 1. The molecule has 2 fully saturated rings. The number of carbonyl (C=O) groups is 3. The van der Waals surface area contributed by atoms with Gasteiger partial charge in [-0.1, -0.05) is 0 Å². The van der Waals surface area contributed by atoms with Gasteiger partial charge in [-0.25, -0.2) is 9.59 Å². The molecule has 0 bridgehead atoms. The van der Waals surface area contributed by atoms with Crippen molar-refractivity contribution in [3.8, 4) is 5.75 Å². The van der Waals surface area contributed by atoms with Crippen LogP contribution in [0, 0.1) is 0 Å². The van der Waals surface area contributed by atoms with Crippen molar-refractivity contribution in [2.45, 2.75) is 51.7 Å². The molecular formula is C22H29N5O5. The molecule has 3 heterocycles. The monoisotopic (exact) mass is 443 g/mol. The molecule has 4 amide bonds. The van der Waals surface area contributed by atoms with E-state index in [-0.39, 0.29) is 24.5 Å². The third-order valence-electron chi connectivity index (χ3n) is 5.51. The molecule has 2 aliphatic rings. The van der Waals surface area contributed by atoms with Gasteiger partial charge in [-0.05, 0) is 32.9 Å². The van der Waals surface area contributed by atoms with Crippen molar-refractivity contribution in [3.05, 3.63) is 18.2 Å². The number of ether oxygens (including phenoxy) is 2. The summed E-state index contributed by atoms with van der Waals surface area (Å²) in [6, 6.07) is 5.19. The van der Waals surface area contributed by atoms with Gasteiger partial charge in [-0.15, -0.1) is 0 Å². The zero-order valence-electron chi connectivity index (χ0n) is 18.9. The number of imide groups is 1. The maximum absolute atomic E-state index is 12.2. The van der Waals surface area contributed by atoms with Gasteiger partial charge in [0.25, 0.3) is 0 Å². The molecule has 0 unspecified atom stereocenters. The molecule has 2 aromatic rings. The Balaban J connectivity index is 1.42. The van der Waals surface area contributed by atoms with Crippen LogP contribution in [0.15, 0.2) is 18.2 Å². The Morgan fingerprint density at radius 1 is 1.16 bits per heavy atom. The number of hydrogen-bond donors (Lipinski definition) is 1. The molecule has 172 valence electrons. The van der Waals surface area contributed by atoms with Crippen molar-refractivity contribution >= 4 is 34.8 Å². The van der Waals surface area contributed by atoms with E-state index < -0.39 is 11.6 Å². The molecule has 2 aliphatic heterocycles. The summed E-state index contributed by atoms with van der Waals surface area (Å²) in [5, 5.41) is 7.63. The number of nitrogens with zero attached hydrogens (tertiary/aromatic N) is 4. The normalized spacial score (nSPS) is 18.1. The number of piperidine rings is 1. The number of aryl methyl sites for hydroxylation is 1. The number of rotatable bonds is 3. The molecule has 10 nitrogen and oxygen atoms in total. The van der Waals surface area contributed by atoms with Crippen LogP contribution in [0.1, 0.15) is 40.0 Å². The van der Waals surface area contributed by atoms with E-state index in [2.05, 4.69) is 10.4 Å². The predicted octanol–water partition coefficient (Wildman–Crippen LogP) is 2.80. The molecule has 1 aromatic heterocycles. The van der Waals surface area contributed by atoms with E-state index >= 15 is 0 Å². The van der Waals surface area contributed by atoms with Crippen LogP contribution in [-0.4, -0.2) is 64.1 Å². The molecule has 0 aliphatic carbocycles. The Morgan fingerprint density at radius 3 is 2.53 bits per heavy atom. The van der Waals surface area contributed by atoms with Crippen LogP contribution in [0.5, 0.6) is 5.75 Å². The summed E-state index contributed by atoms with van der Waals surface area (Å²) in [5.41, 5.74) is 0.319. The fourth-order valence-corrected chi connectivity index (χ4v) is 3.93. The maximum Gasteiger partial charge on any atom is 0.410 e. The van der Waals surface area contributed by atoms with E-state index in [0.717, 1.165) is 23.7 Å². The smallest absolute Gasteiger partial charge is 0.410 e. The second kappa shape index (κ2) is 8.33. The lowest BCUT2D eigenvalue weighted by Crippen LogP contribution is -2.49. The minimum atomic E-state index is -0.508. The van der Waals surface area contributed by atoms with Crippen molar-refractivity contribution < 1.29 is 23.9 Å². The molecule has 1 N–H and O–H groups in total. The molecule has 1 aromatic carbocycles. The summed E-state index contributed by atoms with van der Waals surface area (Å²) in [6.07, 6.45) is 1.39. The molecule has 2 saturated heterocycles. The van der Waals surface area contributed by atoms with Crippen molar-refractivity contribution in [3.63, 3.8) is 0 Å². The average molecular weight is 444 g/mol. The minimum Gasteiger partial charge on any atom is -0.490 e. The summed E-state index contributed by atoms with van der Waals surface area (Å²) in [4.78, 5) is 39.1. The van der Waals surface area contributed by atoms with Gasteiger partial charge in [0.1, 0.15) is 17.5 Å². The number of carbonyl (C=O) groups excluding carboxylic acids is 3. The second-order valence-corrected chi connectivity index (χ2v) is 9.17. The molecule has 0 spiro atoms. The van der Waals surface area contributed by atoms with Crippen molar-refractivity contribution in [2.24, 2.45) is 7.05 Å². The molecule has 0 radical (unpaired) electrons. The highest BCUT2D eigenvalue weighted by atomic mass is 16.6. The minimum absolute atomic E-state index is 0.00211. The molecule has 0 saturated carbocycles. The highest BCUT2D eigenvalue weighted by molar-refractivity contribution is 6.08. The zero-order valence-corrected chi connectivity index (χ0v) is 18.9. The van der Waals surface area contributed by atoms with E-state index in [4.69, 9.17) is 9.47 Å². The highest BCUT2D eigenvalue weighted by Gasteiger charge is 2.29. The van der Waals surface area contributed by atoms with E-state index in [1.165, 1.54) is 4.90 Å². The number of benzene rings is 1. The van der Waals surface area contributed by atoms with Crippen LogP contribution >= 0.6 is 0 Å². The summed E-state index contributed by atoms with van der Waals surface area (Å²) in [7, 11) is 1.81. The number of likely N-dealkylation sites (tertiary alicyclic amines) is 1. The third kappa shape index (κ3) is 4.63. The maximum atomic E-state index is 12.2. The Labute approximate surface area is 186 Å². The van der Waals surface area contributed by atoms with Gasteiger partial charge in [-0.3, -0.25) is 19.7 Å². The molecule has 4 rings (SSSR count). The fraction of sp³-hybridized carbons (Fsp3) is 0.545. The topological polar surface area (TPSA) is 106 Å². The number of anilines is 1. The SMILES string of the molecule is Cn1nc(N2CCC(=O)NC2=O)c2ccc(OC3CCN(C(=O)OC(C)(C)C)CC3)cc21. The van der Waals surface area contributed by atoms with Crippen LogP contribution < -0.4 is 15.0 Å². The quantitative estimate of drug-likeness (QED) is 0.782. The summed E-state index contributed by atoms with van der Waals surface area (Å²) in [6.45, 7) is 7.04. The first-order chi connectivity index (χ1) is 15.1. The number of aromatic nitrogens is 2. The lowest BCUT2D eigenvalue weighted by atomic mass is 10.1. The summed E-state index contributed by atoms with van der Waals surface area (Å²) < 4.78 is 13.3. The van der Waals surface area contributed by atoms with Crippen LogP contribution in [0.4, 0.5) is 15.4 Å². The van der Waals surface area contributed by atoms with Crippen LogP contribution in [0.25, 0.3) is 10.9 Å². The standard InChI is InChI=1S/C22H29N5O5/c1-22(2,3)32-21(30)26-10-7-14(8-11-26)31-15-5-6-16-17(13-15)25(4)24-19(16)27-12-9-18(28)23-20(27)29/h5-6,13-14H,7-12H2,1-4H3,(H,23,28,29). The first-order valence-corrected chi connectivity index (χ1v) is 10.8. The number of hydrogen-bond acceptors (Lipinski definition) is 6. The number of urea groups is 1. The van der Waals surface area contributed by atoms with E-state index in [0.29, 0.717) is 31.2 Å². The average Bonchev–Trinajstić information content (AvgIpc) is 3.03. The molecule has 0 atom stereocenters. The lowest BCUT2D eigenvalue weighted by Gasteiger charge is -2.33. The lowest BCUT2D eigenvalue weighted by molar-refractivity contribution is -0.120. The van der Waals surface area contributed by atoms with Gasteiger partial charge in [-0.2, -0.15) is 5.10 Å². The summed E-state index contributed by atoms with van der Waals surface area (Å²) in [5.74, 6) is 0.950. The zero-order chi connectivity index (χ0) is 23.0. The number of fused-ring (bicyclic) bond motifs is 1. The third-order valence-corrected chi connectivity index (χ3v) is 5.51. The van der Waals surface area contributed by atoms with Crippen molar-refractivity contribution in [1.29, 1.82) is 0 Å². The van der Waals surface area contributed by atoms with Gasteiger partial charge >= 0.3 is 12.1 Å². The Hall–Kier alpha value is -3.30. The van der Waals surface area contributed by atoms with E-state index in [1.54, 1.807) is 9.58 Å². The first-order valence-electron chi connectivity index (χ1n) is 10.8. The highest BCUT2D eigenvalue weighted by Crippen LogP contribution is 2.31. The Bertz CT molecular complexity index is 1050. The largest absolute Gasteiger partial charge is 0.490 e. The van der Waals surface area contributed by atoms with Crippen LogP contribution in [-0.2, 0) is 16.6 Å². The Kier molecular flexibility index (Phi) is 5.70. The molecule has 32 heavy (non-hydrogen) atoms. The van der Waals surface area contributed by atoms with Crippen LogP contribution in [0.2, 0.25) is 0 Å². The number of amides is 4. The van der Waals surface area contributed by atoms with Crippen molar-refractivity contribution in [2.75, 3.05) is 24.5 Å². The predicted molar refractivity (Wildman–Crippen MR) is 118 cm³/mol. The van der Waals surface area contributed by atoms with Gasteiger partial charge in [0.2, 0.25) is 5.91 Å². The fourth-order valence-electron chi connectivity index (χ4n) is 3.93. The van der Waals surface area contributed by atoms with E-state index in [9.17, 15) is 14.4 Å². The first kappa shape index (κ1) is 21.9. The van der Waals surface area contributed by atoms with Gasteiger partial charge in [0, 0.05) is 57.4 Å². The molecular weight excluding hydrogens is 414 g/mol. The second-order valence-electron chi connectivity index (χ2n) is 9.17. The van der Waals surface area contributed by atoms with E-state index in [1.807, 2.05) is 46.0 Å². The van der Waals surface area contributed by atoms with Gasteiger partial charge < -0.3 is 14.4 Å².